The van der Waals surface area contributed by atoms with Crippen LogP contribution in [-0.2, 0) is 9.47 Å². The maximum absolute atomic E-state index is 13.5. The number of esters is 2. The van der Waals surface area contributed by atoms with E-state index in [0.29, 0.717) is 18.7 Å². The van der Waals surface area contributed by atoms with Gasteiger partial charge in [-0.25, -0.2) is 18.8 Å². The van der Waals surface area contributed by atoms with Crippen molar-refractivity contribution in [1.29, 1.82) is 0 Å². The molecule has 4 rings (SSSR count). The maximum Gasteiger partial charge on any atom is 0.415 e. The highest BCUT2D eigenvalue weighted by atomic mass is 19.1. The maximum atomic E-state index is 13.5. The van der Waals surface area contributed by atoms with Gasteiger partial charge in [-0.15, -0.1) is 0 Å². The summed E-state index contributed by atoms with van der Waals surface area (Å²) in [6.07, 6.45) is 0.0855. The largest absolute Gasteiger partial charge is 0.465 e. The van der Waals surface area contributed by atoms with Crippen LogP contribution in [0.3, 0.4) is 0 Å². The van der Waals surface area contributed by atoms with E-state index in [0.717, 1.165) is 5.56 Å². The smallest absolute Gasteiger partial charge is 0.415 e. The molecule has 0 aromatic heterocycles. The van der Waals surface area contributed by atoms with E-state index in [1.165, 1.54) is 31.4 Å². The SMILES string of the molecule is COC(=O)c1ccccc1C(=O)OC[C@H]1CN(C(=O)Oc2ccccc2)CC[C@@H]1c1ccc(F)cc1. The molecule has 0 saturated carbocycles. The van der Waals surface area contributed by atoms with E-state index >= 15 is 0 Å². The lowest BCUT2D eigenvalue weighted by Gasteiger charge is -2.38. The zero-order valence-electron chi connectivity index (χ0n) is 19.8. The van der Waals surface area contributed by atoms with Crippen LogP contribution in [0.15, 0.2) is 78.9 Å². The normalized spacial score (nSPS) is 17.2. The molecule has 1 aliphatic rings. The Morgan fingerprint density at radius 2 is 1.53 bits per heavy atom. The summed E-state index contributed by atoms with van der Waals surface area (Å²) in [5.74, 6) is -1.57. The Labute approximate surface area is 208 Å². The third kappa shape index (κ3) is 5.89. The van der Waals surface area contributed by atoms with Gasteiger partial charge in [0.2, 0.25) is 0 Å². The fraction of sp³-hybridized carbons (Fsp3) is 0.250. The van der Waals surface area contributed by atoms with Gasteiger partial charge in [-0.1, -0.05) is 42.5 Å². The van der Waals surface area contributed by atoms with Crippen LogP contribution in [0.5, 0.6) is 5.75 Å². The fourth-order valence-electron chi connectivity index (χ4n) is 4.38. The molecule has 186 valence electrons. The van der Waals surface area contributed by atoms with E-state index in [-0.39, 0.29) is 41.9 Å². The summed E-state index contributed by atoms with van der Waals surface area (Å²) in [5, 5.41) is 0. The van der Waals surface area contributed by atoms with Gasteiger partial charge in [-0.05, 0) is 54.3 Å². The molecule has 0 radical (unpaired) electrons. The first-order valence-electron chi connectivity index (χ1n) is 11.6. The summed E-state index contributed by atoms with van der Waals surface area (Å²) >= 11 is 0. The number of ether oxygens (including phenoxy) is 3. The van der Waals surface area contributed by atoms with Crippen molar-refractivity contribution in [2.24, 2.45) is 5.92 Å². The molecule has 3 aromatic rings. The number of piperidine rings is 1. The van der Waals surface area contributed by atoms with E-state index in [9.17, 15) is 18.8 Å². The second-order valence-corrected chi connectivity index (χ2v) is 8.47. The first-order chi connectivity index (χ1) is 17.5. The van der Waals surface area contributed by atoms with E-state index in [1.54, 1.807) is 53.4 Å². The van der Waals surface area contributed by atoms with Crippen molar-refractivity contribution in [1.82, 2.24) is 4.90 Å². The van der Waals surface area contributed by atoms with Gasteiger partial charge < -0.3 is 19.1 Å². The highest BCUT2D eigenvalue weighted by Gasteiger charge is 2.34. The molecule has 3 aromatic carbocycles. The Bertz CT molecular complexity index is 1210. The molecule has 2 atom stereocenters. The second kappa shape index (κ2) is 11.5. The molecule has 1 fully saturated rings. The first kappa shape index (κ1) is 24.9. The van der Waals surface area contributed by atoms with E-state index < -0.39 is 18.0 Å². The lowest BCUT2D eigenvalue weighted by molar-refractivity contribution is 0.0321. The number of nitrogens with zero attached hydrogens (tertiary/aromatic N) is 1. The summed E-state index contributed by atoms with van der Waals surface area (Å²) in [4.78, 5) is 39.3. The number of methoxy groups -OCH3 is 1. The van der Waals surface area contributed by atoms with Crippen molar-refractivity contribution < 1.29 is 33.0 Å². The average molecular weight is 492 g/mol. The number of carbonyl (C=O) groups excluding carboxylic acids is 3. The molecule has 0 spiro atoms. The van der Waals surface area contributed by atoms with Gasteiger partial charge in [0.25, 0.3) is 0 Å². The van der Waals surface area contributed by atoms with E-state index in [2.05, 4.69) is 0 Å². The highest BCUT2D eigenvalue weighted by molar-refractivity contribution is 6.03. The Morgan fingerprint density at radius 1 is 0.889 bits per heavy atom. The van der Waals surface area contributed by atoms with Gasteiger partial charge >= 0.3 is 18.0 Å². The third-order valence-corrected chi connectivity index (χ3v) is 6.22. The number of likely N-dealkylation sites (tertiary alicyclic amines) is 1. The molecule has 1 amide bonds. The number of hydrogen-bond acceptors (Lipinski definition) is 6. The predicted octanol–water partition coefficient (Wildman–Crippen LogP) is 5.07. The molecular weight excluding hydrogens is 465 g/mol. The van der Waals surface area contributed by atoms with Crippen LogP contribution in [-0.4, -0.2) is 49.7 Å². The van der Waals surface area contributed by atoms with Crippen molar-refractivity contribution in [2.75, 3.05) is 26.8 Å². The zero-order chi connectivity index (χ0) is 25.5. The van der Waals surface area contributed by atoms with Crippen LogP contribution >= 0.6 is 0 Å². The molecule has 1 aliphatic heterocycles. The summed E-state index contributed by atoms with van der Waals surface area (Å²) < 4.78 is 29.4. The van der Waals surface area contributed by atoms with Crippen molar-refractivity contribution in [3.63, 3.8) is 0 Å². The van der Waals surface area contributed by atoms with Gasteiger partial charge in [0.05, 0.1) is 24.8 Å². The Balaban J connectivity index is 1.50. The van der Waals surface area contributed by atoms with Crippen LogP contribution in [0.2, 0.25) is 0 Å². The topological polar surface area (TPSA) is 82.1 Å². The van der Waals surface area contributed by atoms with Crippen LogP contribution in [0, 0.1) is 11.7 Å². The van der Waals surface area contributed by atoms with Crippen LogP contribution in [0.25, 0.3) is 0 Å². The van der Waals surface area contributed by atoms with Crippen LogP contribution in [0.1, 0.15) is 38.6 Å². The zero-order valence-corrected chi connectivity index (χ0v) is 19.8. The minimum Gasteiger partial charge on any atom is -0.465 e. The fourth-order valence-corrected chi connectivity index (χ4v) is 4.38. The second-order valence-electron chi connectivity index (χ2n) is 8.47. The van der Waals surface area contributed by atoms with Crippen molar-refractivity contribution in [3.8, 4) is 5.75 Å². The highest BCUT2D eigenvalue weighted by Crippen LogP contribution is 2.34. The first-order valence-corrected chi connectivity index (χ1v) is 11.6. The van der Waals surface area contributed by atoms with Crippen LogP contribution in [0.4, 0.5) is 9.18 Å². The van der Waals surface area contributed by atoms with Gasteiger partial charge in [0, 0.05) is 19.0 Å². The average Bonchev–Trinajstić information content (AvgIpc) is 2.92. The van der Waals surface area contributed by atoms with Crippen molar-refractivity contribution in [2.45, 2.75) is 12.3 Å². The minimum absolute atomic E-state index is 0.00843. The molecule has 0 unspecified atom stereocenters. The summed E-state index contributed by atoms with van der Waals surface area (Å²) in [5.41, 5.74) is 1.10. The van der Waals surface area contributed by atoms with Gasteiger partial charge in [-0.2, -0.15) is 0 Å². The molecule has 7 nitrogen and oxygen atoms in total. The van der Waals surface area contributed by atoms with E-state index in [4.69, 9.17) is 14.2 Å². The van der Waals surface area contributed by atoms with Gasteiger partial charge in [0.15, 0.2) is 0 Å². The number of halogens is 1. The van der Waals surface area contributed by atoms with Crippen LogP contribution < -0.4 is 4.74 Å². The molecule has 8 heteroatoms. The van der Waals surface area contributed by atoms with Crippen molar-refractivity contribution >= 4 is 18.0 Å². The molecule has 0 aliphatic carbocycles. The number of para-hydroxylation sites is 1. The molecule has 36 heavy (non-hydrogen) atoms. The summed E-state index contributed by atoms with van der Waals surface area (Å²) in [6.45, 7) is 0.703. The number of amides is 1. The van der Waals surface area contributed by atoms with Gasteiger partial charge in [0.1, 0.15) is 11.6 Å². The van der Waals surface area contributed by atoms with E-state index in [1.807, 2.05) is 6.07 Å². The Kier molecular flexibility index (Phi) is 7.95. The minimum atomic E-state index is -0.669. The molecule has 0 bridgehead atoms. The molecule has 1 saturated heterocycles. The monoisotopic (exact) mass is 491 g/mol. The molecule has 0 N–H and O–H groups in total. The van der Waals surface area contributed by atoms with Gasteiger partial charge in [-0.3, -0.25) is 0 Å². The quantitative estimate of drug-likeness (QED) is 0.448. The third-order valence-electron chi connectivity index (χ3n) is 6.22. The molecule has 1 heterocycles. The lowest BCUT2D eigenvalue weighted by Crippen LogP contribution is -2.45. The predicted molar refractivity (Wildman–Crippen MR) is 129 cm³/mol. The standard InChI is InChI=1S/C28H26FNO6/c1-34-26(31)24-9-5-6-10-25(24)27(32)35-18-20-17-30(28(33)36-22-7-3-2-4-8-22)16-15-23(20)19-11-13-21(29)14-12-19/h2-14,20,23H,15-18H2,1H3/t20-,23-/m1/s1. The number of hydrogen-bond donors (Lipinski definition) is 0. The summed E-state index contributed by atoms with van der Waals surface area (Å²) in [7, 11) is 1.24. The van der Waals surface area contributed by atoms with Crippen molar-refractivity contribution in [3.05, 3.63) is 101 Å². The Hall–Kier alpha value is -4.20. The number of benzene rings is 3. The number of carbonyl (C=O) groups is 3. The molecular formula is C28H26FNO6. The Morgan fingerprint density at radius 3 is 2.19 bits per heavy atom. The summed E-state index contributed by atoms with van der Waals surface area (Å²) in [6, 6.07) is 21.2. The number of rotatable bonds is 6. The lowest BCUT2D eigenvalue weighted by atomic mass is 9.81.